The highest BCUT2D eigenvalue weighted by Crippen LogP contribution is 2.28. The van der Waals surface area contributed by atoms with Crippen LogP contribution in [0, 0.1) is 6.92 Å². The number of hydrogen-bond donors (Lipinski definition) is 1. The molecule has 0 atom stereocenters. The van der Waals surface area contributed by atoms with Crippen LogP contribution in [0.1, 0.15) is 15.9 Å². The monoisotopic (exact) mass is 631 g/mol. The maximum absolute atomic E-state index is 14.2. The van der Waals surface area contributed by atoms with E-state index in [1.165, 1.54) is 12.1 Å². The molecule has 0 aliphatic heterocycles. The normalized spacial score (nSPS) is 12.0. The number of halogens is 3. The van der Waals surface area contributed by atoms with Crippen molar-refractivity contribution in [1.82, 2.24) is 4.83 Å². The molecule has 0 saturated carbocycles. The summed E-state index contributed by atoms with van der Waals surface area (Å²) in [6.45, 7) is 1.88. The molecular formula is C29H24F3N3O6S2. The van der Waals surface area contributed by atoms with E-state index in [0.29, 0.717) is 11.3 Å². The lowest BCUT2D eigenvalue weighted by atomic mass is 10.0. The number of carbonyl (C=O) groups excluding carboxylic acids is 1. The molecule has 0 aliphatic carbocycles. The van der Waals surface area contributed by atoms with E-state index in [1.807, 2.05) is 73.1 Å². The summed E-state index contributed by atoms with van der Waals surface area (Å²) in [6, 6.07) is 30.5. The van der Waals surface area contributed by atoms with Crippen LogP contribution in [0.3, 0.4) is 0 Å². The van der Waals surface area contributed by atoms with Crippen molar-refractivity contribution in [3.63, 3.8) is 0 Å². The molecule has 224 valence electrons. The van der Waals surface area contributed by atoms with E-state index in [9.17, 15) is 26.4 Å². The van der Waals surface area contributed by atoms with Gasteiger partial charge in [-0.3, -0.25) is 4.79 Å². The minimum absolute atomic E-state index is 0.0750. The molecule has 0 bridgehead atoms. The lowest BCUT2D eigenvalue weighted by Gasteiger charge is -2.24. The van der Waals surface area contributed by atoms with E-state index in [0.717, 1.165) is 32.4 Å². The Morgan fingerprint density at radius 1 is 0.767 bits per heavy atom. The molecule has 5 aromatic rings. The quantitative estimate of drug-likeness (QED) is 0.0984. The number of carbonyl (C=O) groups is 1. The summed E-state index contributed by atoms with van der Waals surface area (Å²) in [7, 11) is -8.18. The second-order valence-corrected chi connectivity index (χ2v) is 12.3. The first kappa shape index (κ1) is 31.6. The van der Waals surface area contributed by atoms with Crippen molar-refractivity contribution >= 4 is 53.5 Å². The van der Waals surface area contributed by atoms with Crippen molar-refractivity contribution in [2.45, 2.75) is 17.3 Å². The van der Waals surface area contributed by atoms with Gasteiger partial charge < -0.3 is 4.55 Å². The Morgan fingerprint density at radius 3 is 1.67 bits per heavy atom. The molecule has 43 heavy (non-hydrogen) atoms. The summed E-state index contributed by atoms with van der Waals surface area (Å²) >= 11 is 0. The van der Waals surface area contributed by atoms with E-state index in [2.05, 4.69) is 4.83 Å². The van der Waals surface area contributed by atoms with Crippen molar-refractivity contribution < 1.29 is 43.9 Å². The van der Waals surface area contributed by atoms with Gasteiger partial charge in [-0.15, -0.1) is 4.83 Å². The van der Waals surface area contributed by atoms with E-state index in [-0.39, 0.29) is 4.90 Å². The Morgan fingerprint density at radius 2 is 1.21 bits per heavy atom. The first-order valence-corrected chi connectivity index (χ1v) is 15.3. The fraction of sp³-hybridized carbons (Fsp3) is 0.103. The van der Waals surface area contributed by atoms with Crippen LogP contribution in [0.2, 0.25) is 0 Å². The van der Waals surface area contributed by atoms with Crippen molar-refractivity contribution in [2.24, 2.45) is 7.05 Å². The standard InChI is InChI=1S/C28H23N3O3S.CHF3O3S/c1-20-16-18-22(19-17-20)35(33,34)29-31(21-10-4-3-5-11-21)28(32)27-23-12-6-8-14-25(23)30(2)26-15-9-7-13-24(26)27;2-1(3,4)8(5,6)7/h3-19H,1-2H3;(H,5,6,7). The number of sulfonamides is 1. The number of fused-ring (bicyclic) bond motifs is 2. The number of rotatable bonds is 5. The van der Waals surface area contributed by atoms with Crippen LogP contribution >= 0.6 is 0 Å². The number of aromatic nitrogens is 1. The van der Waals surface area contributed by atoms with Gasteiger partial charge in [0.1, 0.15) is 7.05 Å². The Kier molecular flexibility index (Phi) is 8.87. The van der Waals surface area contributed by atoms with Gasteiger partial charge in [0, 0.05) is 12.1 Å². The highest BCUT2D eigenvalue weighted by Gasteiger charge is 2.37. The molecular weight excluding hydrogens is 607 g/mol. The Labute approximate surface area is 245 Å². The molecule has 5 rings (SSSR count). The third-order valence-electron chi connectivity index (χ3n) is 6.33. The van der Waals surface area contributed by atoms with Crippen LogP contribution < -0.4 is 14.4 Å². The second kappa shape index (κ2) is 12.1. The summed E-state index contributed by atoms with van der Waals surface area (Å²) in [6.07, 6.45) is 0. The van der Waals surface area contributed by atoms with E-state index in [1.54, 1.807) is 36.4 Å². The van der Waals surface area contributed by atoms with Gasteiger partial charge in [-0.2, -0.15) is 17.7 Å². The molecule has 0 radical (unpaired) electrons. The smallest absolute Gasteiger partial charge is 0.485 e. The molecule has 4 aromatic carbocycles. The van der Waals surface area contributed by atoms with E-state index < -0.39 is 31.6 Å². The average molecular weight is 632 g/mol. The lowest BCUT2D eigenvalue weighted by molar-refractivity contribution is -0.617. The third kappa shape index (κ3) is 6.83. The molecule has 0 spiro atoms. The Hall–Kier alpha value is -4.37. The number of aryl methyl sites for hydroxylation is 2. The third-order valence-corrected chi connectivity index (χ3v) is 8.21. The minimum Gasteiger partial charge on any atom is -0.741 e. The van der Waals surface area contributed by atoms with E-state index >= 15 is 0 Å². The lowest BCUT2D eigenvalue weighted by Crippen LogP contribution is -2.47. The number of nitrogens with one attached hydrogen (secondary N) is 1. The molecule has 0 saturated heterocycles. The molecule has 0 fully saturated rings. The number of alkyl halides is 3. The summed E-state index contributed by atoms with van der Waals surface area (Å²) in [4.78, 5) is 16.8. The molecule has 1 aromatic heterocycles. The van der Waals surface area contributed by atoms with Crippen molar-refractivity contribution in [3.05, 3.63) is 114 Å². The SMILES string of the molecule is Cc1ccc(S(=O)(=O)NN(C(=O)c2c3ccccc3[n+](C)c3ccccc23)c2ccccc2)cc1.O=S(=O)([O-])C(F)(F)F. The van der Waals surface area contributed by atoms with Gasteiger partial charge in [0.05, 0.1) is 26.9 Å². The fourth-order valence-electron chi connectivity index (χ4n) is 4.25. The first-order valence-electron chi connectivity index (χ1n) is 12.4. The number of para-hydroxylation sites is 3. The summed E-state index contributed by atoms with van der Waals surface area (Å²) in [5.41, 5.74) is -2.14. The van der Waals surface area contributed by atoms with Gasteiger partial charge in [-0.05, 0) is 43.3 Å². The number of nitrogens with zero attached hydrogens (tertiary/aromatic N) is 2. The van der Waals surface area contributed by atoms with Gasteiger partial charge in [0.2, 0.25) is 11.0 Å². The van der Waals surface area contributed by atoms with Gasteiger partial charge in [0.15, 0.2) is 10.1 Å². The molecule has 1 heterocycles. The van der Waals surface area contributed by atoms with Crippen molar-refractivity contribution in [3.8, 4) is 0 Å². The van der Waals surface area contributed by atoms with Gasteiger partial charge in [-0.25, -0.2) is 21.8 Å². The van der Waals surface area contributed by atoms with Crippen LogP contribution in [-0.2, 0) is 27.2 Å². The molecule has 9 nitrogen and oxygen atoms in total. The largest absolute Gasteiger partial charge is 0.741 e. The maximum atomic E-state index is 14.2. The molecule has 0 aliphatic rings. The van der Waals surface area contributed by atoms with Gasteiger partial charge in [-0.1, -0.05) is 60.2 Å². The van der Waals surface area contributed by atoms with Crippen molar-refractivity contribution in [2.75, 3.05) is 5.01 Å². The predicted octanol–water partition coefficient (Wildman–Crippen LogP) is 4.72. The summed E-state index contributed by atoms with van der Waals surface area (Å²) in [5.74, 6) is -0.472. The zero-order chi connectivity index (χ0) is 31.6. The minimum atomic E-state index is -6.09. The number of amides is 1. The van der Waals surface area contributed by atoms with Crippen LogP contribution in [0.5, 0.6) is 0 Å². The number of hydrogen-bond acceptors (Lipinski definition) is 6. The molecule has 0 unspecified atom stereocenters. The highest BCUT2D eigenvalue weighted by atomic mass is 32.2. The molecule has 1 N–H and O–H groups in total. The zero-order valence-corrected chi connectivity index (χ0v) is 24.2. The number of hydrazine groups is 1. The Balaban J connectivity index is 0.000000467. The van der Waals surface area contributed by atoms with Crippen LogP contribution in [0.4, 0.5) is 18.9 Å². The molecule has 1 amide bonds. The number of benzene rings is 4. The topological polar surface area (TPSA) is 128 Å². The van der Waals surface area contributed by atoms with E-state index in [4.69, 9.17) is 13.0 Å². The highest BCUT2D eigenvalue weighted by molar-refractivity contribution is 7.89. The summed E-state index contributed by atoms with van der Waals surface area (Å²) in [5, 5.41) is 2.58. The number of pyridine rings is 1. The predicted molar refractivity (Wildman–Crippen MR) is 153 cm³/mol. The molecule has 14 heteroatoms. The van der Waals surface area contributed by atoms with Crippen molar-refractivity contribution in [1.29, 1.82) is 0 Å². The summed E-state index contributed by atoms with van der Waals surface area (Å²) < 4.78 is 87.6. The number of anilines is 1. The van der Waals surface area contributed by atoms with Crippen LogP contribution in [0.25, 0.3) is 21.8 Å². The van der Waals surface area contributed by atoms with Crippen LogP contribution in [-0.4, -0.2) is 32.8 Å². The van der Waals surface area contributed by atoms with Gasteiger partial charge in [0.25, 0.3) is 15.9 Å². The maximum Gasteiger partial charge on any atom is 0.485 e. The fourth-order valence-corrected chi connectivity index (χ4v) is 5.28. The van der Waals surface area contributed by atoms with Gasteiger partial charge >= 0.3 is 5.51 Å². The second-order valence-electron chi connectivity index (χ2n) is 9.25. The first-order chi connectivity index (χ1) is 20.1. The average Bonchev–Trinajstić information content (AvgIpc) is 2.96. The van der Waals surface area contributed by atoms with Crippen LogP contribution in [0.15, 0.2) is 108 Å². The zero-order valence-electron chi connectivity index (χ0n) is 22.6. The Bertz CT molecular complexity index is 1960.